The van der Waals surface area contributed by atoms with Gasteiger partial charge in [0.2, 0.25) is 0 Å². The number of rotatable bonds is 5. The van der Waals surface area contributed by atoms with E-state index in [-0.39, 0.29) is 57.2 Å². The Labute approximate surface area is 338 Å². The highest BCUT2D eigenvalue weighted by Gasteiger charge is 2.50. The number of aliphatic hydroxyl groups excluding tert-OH is 2. The van der Waals surface area contributed by atoms with Crippen molar-refractivity contribution in [3.05, 3.63) is 47.3 Å². The number of hydrogen-bond acceptors (Lipinski definition) is 14. The maximum Gasteiger partial charge on any atom is 0.312 e. The highest BCUT2D eigenvalue weighted by Crippen LogP contribution is 2.57. The molecule has 2 aromatic rings. The lowest BCUT2D eigenvalue weighted by molar-refractivity contribution is -0.160. The van der Waals surface area contributed by atoms with Gasteiger partial charge in [0, 0.05) is 81.4 Å². The molecule has 318 valence electrons. The topological polar surface area (TPSA) is 214 Å². The number of methoxy groups -OCH3 is 1. The van der Waals surface area contributed by atoms with Crippen LogP contribution in [-0.2, 0) is 28.5 Å². The number of nitrogens with zero attached hydrogens (tertiary/aromatic N) is 1. The number of hydrogen-bond donors (Lipinski definition) is 6. The van der Waals surface area contributed by atoms with Crippen molar-refractivity contribution in [3.63, 3.8) is 0 Å². The Kier molecular flexibility index (Phi) is 13.4. The third kappa shape index (κ3) is 8.35. The van der Waals surface area contributed by atoms with E-state index in [1.807, 2.05) is 0 Å². The normalized spacial score (nSPS) is 32.9. The number of phenolic OH excluding ortho intramolecular Hbond substituents is 3. The Morgan fingerprint density at radius 1 is 0.983 bits per heavy atom. The summed E-state index contributed by atoms with van der Waals surface area (Å²) in [6.45, 7) is 13.4. The number of benzene rings is 2. The first-order valence-corrected chi connectivity index (χ1v) is 19.7. The number of carbonyl (C=O) groups excluding carboxylic acids is 3. The molecule has 58 heavy (non-hydrogen) atoms. The van der Waals surface area contributed by atoms with Crippen molar-refractivity contribution in [3.8, 4) is 23.0 Å². The van der Waals surface area contributed by atoms with Gasteiger partial charge in [0.1, 0.15) is 34.7 Å². The van der Waals surface area contributed by atoms with Gasteiger partial charge in [-0.05, 0) is 32.8 Å². The van der Waals surface area contributed by atoms with Crippen molar-refractivity contribution in [2.45, 2.75) is 105 Å². The number of carbonyl (C=O) groups is 3. The first-order chi connectivity index (χ1) is 27.2. The van der Waals surface area contributed by atoms with Crippen molar-refractivity contribution >= 4 is 39.8 Å². The lowest BCUT2D eigenvalue weighted by atomic mass is 9.78. The number of esters is 1. The van der Waals surface area contributed by atoms with Crippen molar-refractivity contribution in [1.29, 1.82) is 0 Å². The Balaban J connectivity index is 1.71. The van der Waals surface area contributed by atoms with Gasteiger partial charge in [-0.1, -0.05) is 45.9 Å². The van der Waals surface area contributed by atoms with E-state index in [1.165, 1.54) is 53.2 Å². The molecule has 15 heteroatoms. The van der Waals surface area contributed by atoms with Gasteiger partial charge in [-0.25, -0.2) is 0 Å². The van der Waals surface area contributed by atoms with Crippen LogP contribution in [-0.4, -0.2) is 107 Å². The summed E-state index contributed by atoms with van der Waals surface area (Å²) in [4.78, 5) is 42.2. The van der Waals surface area contributed by atoms with E-state index < -0.39 is 88.8 Å². The standard InChI is InChI=1S/C43H58N2O13/c1-20-13-11-14-21(2)42(53)44-32-33(45(9)19-27-15-12-17-55-27)38(51)29-30(37(32)50)36(49)25(6)40-31(29)41(52)43(8,58-40)56-18-16-28(54-10)22(3)39(57-26(7)46)24(5)35(48)23(4)34(20)47/h11,13-14,16,18,20,22-24,27-28,34-35,39,47-51H,12,15,17,19H2,1-10H3,(H,44,53)/b13-11+,18-16+,21-14-. The summed E-state index contributed by atoms with van der Waals surface area (Å²) in [5.41, 5.74) is -0.147. The molecule has 0 radical (unpaired) electrons. The van der Waals surface area contributed by atoms with Crippen molar-refractivity contribution in [2.24, 2.45) is 23.7 Å². The summed E-state index contributed by atoms with van der Waals surface area (Å²) >= 11 is 0. The number of ketones is 1. The summed E-state index contributed by atoms with van der Waals surface area (Å²) in [6, 6.07) is 0. The molecule has 5 bridgehead atoms. The fourth-order valence-corrected chi connectivity index (χ4v) is 8.26. The Bertz CT molecular complexity index is 2000. The van der Waals surface area contributed by atoms with Crippen LogP contribution in [0.2, 0.25) is 0 Å². The van der Waals surface area contributed by atoms with Gasteiger partial charge in [-0.15, -0.1) is 0 Å². The van der Waals surface area contributed by atoms with E-state index in [0.29, 0.717) is 6.61 Å². The van der Waals surface area contributed by atoms with Crippen LogP contribution in [0.3, 0.4) is 0 Å². The first kappa shape index (κ1) is 44.3. The number of fused-ring (bicyclic) bond motifs is 14. The summed E-state index contributed by atoms with van der Waals surface area (Å²) < 4.78 is 29.5. The van der Waals surface area contributed by atoms with E-state index in [2.05, 4.69) is 5.32 Å². The number of aromatic hydroxyl groups is 3. The molecule has 4 aliphatic rings. The molecule has 1 amide bonds. The number of allylic oxidation sites excluding steroid dienone is 2. The predicted molar refractivity (Wildman–Crippen MR) is 216 cm³/mol. The summed E-state index contributed by atoms with van der Waals surface area (Å²) in [7, 11) is 3.09. The third-order valence-corrected chi connectivity index (χ3v) is 11.9. The van der Waals surface area contributed by atoms with Crippen molar-refractivity contribution in [2.75, 3.05) is 37.5 Å². The zero-order chi connectivity index (χ0) is 43.0. The highest BCUT2D eigenvalue weighted by atomic mass is 16.7. The molecule has 15 nitrogen and oxygen atoms in total. The molecule has 10 atom stereocenters. The van der Waals surface area contributed by atoms with Gasteiger partial charge in [-0.2, -0.15) is 0 Å². The van der Waals surface area contributed by atoms with Gasteiger partial charge >= 0.3 is 11.8 Å². The Morgan fingerprint density at radius 2 is 1.67 bits per heavy atom. The van der Waals surface area contributed by atoms with Gasteiger partial charge < -0.3 is 59.4 Å². The van der Waals surface area contributed by atoms with E-state index in [9.17, 15) is 39.9 Å². The fourth-order valence-electron chi connectivity index (χ4n) is 8.26. The summed E-state index contributed by atoms with van der Waals surface area (Å²) in [5.74, 6) is -8.17. The van der Waals surface area contributed by atoms with Crippen molar-refractivity contribution < 1.29 is 63.6 Å². The molecule has 0 saturated carbocycles. The molecular formula is C43H58N2O13. The number of anilines is 2. The molecule has 2 aromatic carbocycles. The summed E-state index contributed by atoms with van der Waals surface area (Å²) in [5, 5.41) is 60.8. The fraction of sp³-hybridized carbons (Fsp3) is 0.558. The molecule has 0 aromatic heterocycles. The average Bonchev–Trinajstić information content (AvgIpc) is 3.79. The minimum atomic E-state index is -2.03. The van der Waals surface area contributed by atoms with Gasteiger partial charge in [0.25, 0.3) is 11.7 Å². The maximum absolute atomic E-state index is 14.5. The van der Waals surface area contributed by atoms with Crippen LogP contribution in [0.15, 0.2) is 36.1 Å². The lowest BCUT2D eigenvalue weighted by Crippen LogP contribution is -2.46. The molecule has 6 rings (SSSR count). The van der Waals surface area contributed by atoms with Crippen LogP contribution in [0.25, 0.3) is 10.8 Å². The monoisotopic (exact) mass is 810 g/mol. The van der Waals surface area contributed by atoms with Crippen LogP contribution in [0.1, 0.15) is 77.2 Å². The number of nitrogens with one attached hydrogen (secondary N) is 1. The molecule has 6 N–H and O–H groups in total. The van der Waals surface area contributed by atoms with Crippen LogP contribution >= 0.6 is 0 Å². The minimum Gasteiger partial charge on any atom is -0.507 e. The van der Waals surface area contributed by atoms with Gasteiger partial charge in [0.15, 0.2) is 5.75 Å². The highest BCUT2D eigenvalue weighted by molar-refractivity contribution is 6.23. The maximum atomic E-state index is 14.5. The number of ether oxygens (including phenoxy) is 5. The second kappa shape index (κ2) is 17.6. The molecule has 4 heterocycles. The quantitative estimate of drug-likeness (QED) is 0.127. The molecule has 10 unspecified atom stereocenters. The molecule has 1 saturated heterocycles. The number of amides is 1. The van der Waals surface area contributed by atoms with E-state index in [1.54, 1.807) is 51.8 Å². The van der Waals surface area contributed by atoms with Crippen molar-refractivity contribution in [1.82, 2.24) is 0 Å². The predicted octanol–water partition coefficient (Wildman–Crippen LogP) is 5.37. The first-order valence-electron chi connectivity index (χ1n) is 19.7. The Hall–Kier alpha value is -4.83. The number of aliphatic hydroxyl groups is 2. The molecule has 0 spiro atoms. The smallest absolute Gasteiger partial charge is 0.312 e. The van der Waals surface area contributed by atoms with Crippen LogP contribution in [0, 0.1) is 30.6 Å². The zero-order valence-corrected chi connectivity index (χ0v) is 34.9. The SMILES string of the molecule is COC1/C=C/OC2(C)Oc3c(C)c(O)c4c(O)c(c(N(C)CC5CCCO5)c(O)c4c3C2=O)NC(=O)/C(C)=C\C=C\C(C)C(O)C(C)C(O)C(C)C(OC(C)=O)C1C. The molecular weight excluding hydrogens is 752 g/mol. The van der Waals surface area contributed by atoms with Crippen LogP contribution in [0.5, 0.6) is 23.0 Å². The van der Waals surface area contributed by atoms with E-state index >= 15 is 0 Å². The second-order valence-electron chi connectivity index (χ2n) is 16.1. The minimum absolute atomic E-state index is 0.0305. The molecule has 0 aliphatic carbocycles. The van der Waals surface area contributed by atoms with Crippen LogP contribution in [0.4, 0.5) is 11.4 Å². The molecule has 4 aliphatic heterocycles. The zero-order valence-electron chi connectivity index (χ0n) is 34.9. The van der Waals surface area contributed by atoms with E-state index in [4.69, 9.17) is 23.7 Å². The number of likely N-dealkylation sites (N-methyl/N-ethyl adjacent to an activating group) is 1. The van der Waals surface area contributed by atoms with E-state index in [0.717, 1.165) is 12.8 Å². The average molecular weight is 811 g/mol. The van der Waals surface area contributed by atoms with Crippen LogP contribution < -0.4 is 15.0 Å². The Morgan fingerprint density at radius 3 is 2.29 bits per heavy atom. The number of Topliss-reactive ketones (excluding diaryl/α,β-unsaturated/α-hetero) is 1. The largest absolute Gasteiger partial charge is 0.507 e. The lowest BCUT2D eigenvalue weighted by Gasteiger charge is -2.38. The van der Waals surface area contributed by atoms with Gasteiger partial charge in [-0.3, -0.25) is 14.4 Å². The molecule has 1 fully saturated rings. The third-order valence-electron chi connectivity index (χ3n) is 11.9. The summed E-state index contributed by atoms with van der Waals surface area (Å²) in [6.07, 6.45) is 4.97. The second-order valence-corrected chi connectivity index (χ2v) is 16.1. The van der Waals surface area contributed by atoms with Gasteiger partial charge in [0.05, 0.1) is 41.6 Å². The number of phenols is 3.